The zero-order chi connectivity index (χ0) is 26.9. The highest BCUT2D eigenvalue weighted by molar-refractivity contribution is 6.30. The van der Waals surface area contributed by atoms with Crippen LogP contribution in [0.25, 0.3) is 10.9 Å². The summed E-state index contributed by atoms with van der Waals surface area (Å²) in [6, 6.07) is 21.4. The molecule has 11 heteroatoms. The summed E-state index contributed by atoms with van der Waals surface area (Å²) in [5.74, 6) is 0.858. The van der Waals surface area contributed by atoms with E-state index in [9.17, 15) is 15.0 Å². The van der Waals surface area contributed by atoms with E-state index in [1.54, 1.807) is 42.6 Å². The van der Waals surface area contributed by atoms with Crippen molar-refractivity contribution in [2.45, 2.75) is 18.6 Å². The molecule has 0 radical (unpaired) electrons. The molecule has 0 fully saturated rings. The highest BCUT2D eigenvalue weighted by atomic mass is 35.5. The molecule has 5 N–H and O–H groups in total. The zero-order valence-corrected chi connectivity index (χ0v) is 23.9. The molecule has 1 aromatic heterocycles. The van der Waals surface area contributed by atoms with Gasteiger partial charge in [-0.1, -0.05) is 41.9 Å². The number of carbonyl (C=O) groups is 1. The minimum absolute atomic E-state index is 0. The molecule has 2 atom stereocenters. The number of aromatic nitrogens is 1. The van der Waals surface area contributed by atoms with Crippen molar-refractivity contribution in [3.05, 3.63) is 101 Å². The van der Waals surface area contributed by atoms with E-state index in [-0.39, 0.29) is 63.1 Å². The van der Waals surface area contributed by atoms with Gasteiger partial charge >= 0.3 is 0 Å². The molecule has 40 heavy (non-hydrogen) atoms. The molecule has 0 spiro atoms. The van der Waals surface area contributed by atoms with Gasteiger partial charge in [-0.3, -0.25) is 9.78 Å². The van der Waals surface area contributed by atoms with Crippen molar-refractivity contribution in [3.63, 3.8) is 0 Å². The minimum atomic E-state index is -0.741. The molecule has 0 bridgehead atoms. The van der Waals surface area contributed by atoms with Crippen LogP contribution >= 0.6 is 36.4 Å². The zero-order valence-electron chi connectivity index (χ0n) is 21.5. The average Bonchev–Trinajstić information content (AvgIpc) is 2.94. The summed E-state index contributed by atoms with van der Waals surface area (Å²) >= 11 is 6.01. The van der Waals surface area contributed by atoms with Crippen LogP contribution in [0, 0.1) is 0 Å². The van der Waals surface area contributed by atoms with Crippen LogP contribution in [0.5, 0.6) is 11.5 Å². The predicted molar refractivity (Wildman–Crippen MR) is 161 cm³/mol. The largest absolute Gasteiger partial charge is 0.457 e. The Bertz CT molecular complexity index is 1370. The molecule has 8 nitrogen and oxygen atoms in total. The monoisotopic (exact) mass is 607 g/mol. The number of carbonyl (C=O) groups excluding carboxylic acids is 1. The third kappa shape index (κ3) is 8.78. The molecule has 1 amide bonds. The Morgan fingerprint density at radius 3 is 2.45 bits per heavy atom. The second-order valence-corrected chi connectivity index (χ2v) is 9.24. The smallest absolute Gasteiger partial charge is 0.253 e. The Hall–Kier alpha value is -2.95. The van der Waals surface area contributed by atoms with Crippen LogP contribution in [-0.4, -0.2) is 58.6 Å². The summed E-state index contributed by atoms with van der Waals surface area (Å²) in [5.41, 5.74) is 2.61. The number of nitrogens with zero attached hydrogens (tertiary/aromatic N) is 1. The second-order valence-electron chi connectivity index (χ2n) is 8.80. The maximum Gasteiger partial charge on any atom is 0.253 e. The van der Waals surface area contributed by atoms with Gasteiger partial charge in [-0.15, -0.1) is 24.8 Å². The highest BCUT2D eigenvalue weighted by Gasteiger charge is 2.15. The third-order valence-corrected chi connectivity index (χ3v) is 6.30. The van der Waals surface area contributed by atoms with Gasteiger partial charge in [0.05, 0.1) is 30.4 Å². The normalized spacial score (nSPS) is 12.1. The topological polar surface area (TPSA) is 124 Å². The van der Waals surface area contributed by atoms with E-state index in [1.165, 1.54) is 0 Å². The van der Waals surface area contributed by atoms with Gasteiger partial charge in [-0.25, -0.2) is 0 Å². The number of benzene rings is 3. The first-order valence-electron chi connectivity index (χ1n) is 12.3. The number of fused-ring (bicyclic) bond motifs is 1. The van der Waals surface area contributed by atoms with Crippen molar-refractivity contribution in [2.24, 2.45) is 0 Å². The van der Waals surface area contributed by atoms with E-state index in [1.807, 2.05) is 36.4 Å². The Labute approximate surface area is 250 Å². The van der Waals surface area contributed by atoms with Crippen LogP contribution in [0.2, 0.25) is 5.02 Å². The number of hydrogen-bond acceptors (Lipinski definition) is 7. The SMILES string of the molecule is Cl.Cl.O=C(NCCO)c1cccc2c(Oc3ccc(C[C@@H](CO)NC[C@@H](O)c4cccc(Cl)c4)cc3)ccnc12. The number of aliphatic hydroxyl groups is 3. The molecular weight excluding hydrogens is 577 g/mol. The van der Waals surface area contributed by atoms with Gasteiger partial charge in [-0.05, 0) is 60.0 Å². The molecule has 4 rings (SSSR count). The summed E-state index contributed by atoms with van der Waals surface area (Å²) in [5, 5.41) is 36.4. The summed E-state index contributed by atoms with van der Waals surface area (Å²) in [4.78, 5) is 16.8. The lowest BCUT2D eigenvalue weighted by Crippen LogP contribution is -2.37. The molecule has 4 aromatic rings. The van der Waals surface area contributed by atoms with Gasteiger partial charge in [0.1, 0.15) is 11.5 Å². The Morgan fingerprint density at radius 2 is 1.75 bits per heavy atom. The van der Waals surface area contributed by atoms with Crippen molar-refractivity contribution < 1.29 is 24.9 Å². The van der Waals surface area contributed by atoms with Gasteiger partial charge < -0.3 is 30.7 Å². The maximum atomic E-state index is 12.5. The van der Waals surface area contributed by atoms with E-state index < -0.39 is 6.10 Å². The molecule has 0 aliphatic heterocycles. The Balaban J connectivity index is 0.00000280. The van der Waals surface area contributed by atoms with Crippen molar-refractivity contribution in [2.75, 3.05) is 26.3 Å². The first-order valence-corrected chi connectivity index (χ1v) is 12.7. The van der Waals surface area contributed by atoms with E-state index in [2.05, 4.69) is 15.6 Å². The summed E-state index contributed by atoms with van der Waals surface area (Å²) < 4.78 is 6.11. The minimum Gasteiger partial charge on any atom is -0.457 e. The third-order valence-electron chi connectivity index (χ3n) is 6.06. The first-order chi connectivity index (χ1) is 18.5. The van der Waals surface area contributed by atoms with Crippen LogP contribution in [0.1, 0.15) is 27.6 Å². The standard InChI is InChI=1S/C29H30ClN3O5.2ClH/c30-21-4-1-3-20(16-21)26(36)17-33-22(18-35)15-19-7-9-23(10-8-19)38-27-11-12-31-28-24(27)5-2-6-25(28)29(37)32-13-14-34;;/h1-12,16,22,26,33-36H,13-15,17-18H2,(H,32,37);2*1H/t22-,26+;;/m0../s1. The number of rotatable bonds is 12. The van der Waals surface area contributed by atoms with E-state index >= 15 is 0 Å². The van der Waals surface area contributed by atoms with Crippen LogP contribution in [0.3, 0.4) is 0 Å². The lowest BCUT2D eigenvalue weighted by Gasteiger charge is -2.19. The van der Waals surface area contributed by atoms with E-state index in [0.29, 0.717) is 45.0 Å². The van der Waals surface area contributed by atoms with Crippen LogP contribution in [0.4, 0.5) is 0 Å². The van der Waals surface area contributed by atoms with Gasteiger partial charge in [0.15, 0.2) is 0 Å². The highest BCUT2D eigenvalue weighted by Crippen LogP contribution is 2.30. The molecule has 0 saturated carbocycles. The number of halogens is 3. The van der Waals surface area contributed by atoms with Crippen molar-refractivity contribution in [3.8, 4) is 11.5 Å². The molecule has 214 valence electrons. The molecule has 3 aromatic carbocycles. The number of para-hydroxylation sites is 1. The molecule has 0 aliphatic rings. The molecule has 0 aliphatic carbocycles. The lowest BCUT2D eigenvalue weighted by atomic mass is 10.0. The number of hydrogen-bond donors (Lipinski definition) is 5. The fraction of sp³-hybridized carbons (Fsp3) is 0.241. The van der Waals surface area contributed by atoms with Gasteiger partial charge in [0.25, 0.3) is 5.91 Å². The predicted octanol–water partition coefficient (Wildman–Crippen LogP) is 4.47. The number of pyridine rings is 1. The van der Waals surface area contributed by atoms with E-state index in [4.69, 9.17) is 21.4 Å². The lowest BCUT2D eigenvalue weighted by molar-refractivity contribution is 0.0946. The Morgan fingerprint density at radius 1 is 1.00 bits per heavy atom. The maximum absolute atomic E-state index is 12.5. The fourth-order valence-electron chi connectivity index (χ4n) is 4.10. The Kier molecular flexibility index (Phi) is 13.6. The first kappa shape index (κ1) is 33.3. The summed E-state index contributed by atoms with van der Waals surface area (Å²) in [6.45, 7) is 0.209. The average molecular weight is 609 g/mol. The van der Waals surface area contributed by atoms with E-state index in [0.717, 1.165) is 5.56 Å². The number of amides is 1. The number of aliphatic hydroxyl groups excluding tert-OH is 3. The van der Waals surface area contributed by atoms with Crippen molar-refractivity contribution >= 4 is 53.2 Å². The van der Waals surface area contributed by atoms with Gasteiger partial charge in [0.2, 0.25) is 0 Å². The van der Waals surface area contributed by atoms with Crippen molar-refractivity contribution in [1.29, 1.82) is 0 Å². The summed E-state index contributed by atoms with van der Waals surface area (Å²) in [6.07, 6.45) is 1.41. The van der Waals surface area contributed by atoms with Gasteiger partial charge in [-0.2, -0.15) is 0 Å². The van der Waals surface area contributed by atoms with Crippen LogP contribution < -0.4 is 15.4 Å². The quantitative estimate of drug-likeness (QED) is 0.161. The van der Waals surface area contributed by atoms with Crippen LogP contribution in [-0.2, 0) is 6.42 Å². The second kappa shape index (κ2) is 16.3. The molecule has 1 heterocycles. The van der Waals surface area contributed by atoms with Gasteiger partial charge in [0, 0.05) is 35.7 Å². The van der Waals surface area contributed by atoms with Crippen LogP contribution in [0.15, 0.2) is 79.0 Å². The summed E-state index contributed by atoms with van der Waals surface area (Å²) in [7, 11) is 0. The number of ether oxygens (including phenoxy) is 1. The molecule has 0 unspecified atom stereocenters. The van der Waals surface area contributed by atoms with Crippen molar-refractivity contribution in [1.82, 2.24) is 15.6 Å². The molecular formula is C29H32Cl3N3O5. The molecule has 0 saturated heterocycles. The number of nitrogens with one attached hydrogen (secondary N) is 2. The fourth-order valence-corrected chi connectivity index (χ4v) is 4.30.